The highest BCUT2D eigenvalue weighted by Crippen LogP contribution is 2.38. The third kappa shape index (κ3) is 2.22. The Balaban J connectivity index is 2.85. The topological polar surface area (TPSA) is 129 Å². The number of carboxylic acids is 2. The van der Waals surface area contributed by atoms with E-state index in [-0.39, 0.29) is 5.69 Å². The van der Waals surface area contributed by atoms with Crippen LogP contribution in [0.3, 0.4) is 0 Å². The van der Waals surface area contributed by atoms with E-state index >= 15 is 0 Å². The Morgan fingerprint density at radius 2 is 1.57 bits per heavy atom. The molecule has 21 heavy (non-hydrogen) atoms. The highest BCUT2D eigenvalue weighted by molar-refractivity contribution is 5.99. The fraction of sp³-hybridized carbons (Fsp3) is 0.0769. The van der Waals surface area contributed by atoms with E-state index in [0.29, 0.717) is 5.75 Å². The third-order valence-corrected chi connectivity index (χ3v) is 2.84. The summed E-state index contributed by atoms with van der Waals surface area (Å²) >= 11 is 0. The Hall–Kier alpha value is -3.16. The number of carbonyl (C=O) groups is 2. The number of carboxylic acid groups (broad SMARTS) is 2. The van der Waals surface area contributed by atoms with Crippen LogP contribution < -0.4 is 4.74 Å². The zero-order valence-electron chi connectivity index (χ0n) is 10.8. The lowest BCUT2D eigenvalue weighted by atomic mass is 10.2. The molecule has 110 valence electrons. The van der Waals surface area contributed by atoms with Crippen molar-refractivity contribution in [2.75, 3.05) is 7.11 Å². The standard InChI is InChI=1S/C13H11NO7/c1-21-7-4-2-3-6(5-7)14-8(12(17)18)10(15)11(16)9(14)13(19)20/h2-5,15-16H,1H3,(H,17,18)(H,19,20). The number of aromatic hydroxyl groups is 2. The molecular formula is C13H11NO7. The van der Waals surface area contributed by atoms with Crippen LogP contribution in [0.25, 0.3) is 5.69 Å². The molecule has 0 saturated heterocycles. The summed E-state index contributed by atoms with van der Waals surface area (Å²) < 4.78 is 5.71. The lowest BCUT2D eigenvalue weighted by Crippen LogP contribution is -2.12. The molecule has 0 bridgehead atoms. The molecule has 4 N–H and O–H groups in total. The fourth-order valence-corrected chi connectivity index (χ4v) is 1.95. The number of hydrogen-bond donors (Lipinski definition) is 4. The van der Waals surface area contributed by atoms with Crippen LogP contribution in [0.2, 0.25) is 0 Å². The first-order valence-electron chi connectivity index (χ1n) is 5.66. The van der Waals surface area contributed by atoms with Crippen molar-refractivity contribution in [3.05, 3.63) is 35.7 Å². The summed E-state index contributed by atoms with van der Waals surface area (Å²) in [6.07, 6.45) is 0. The summed E-state index contributed by atoms with van der Waals surface area (Å²) in [7, 11) is 1.39. The minimum absolute atomic E-state index is 0.111. The molecule has 1 aromatic heterocycles. The molecule has 0 aliphatic rings. The highest BCUT2D eigenvalue weighted by Gasteiger charge is 2.31. The summed E-state index contributed by atoms with van der Waals surface area (Å²) in [6.45, 7) is 0. The summed E-state index contributed by atoms with van der Waals surface area (Å²) in [4.78, 5) is 22.5. The number of nitrogens with zero attached hydrogens (tertiary/aromatic N) is 1. The zero-order valence-corrected chi connectivity index (χ0v) is 10.8. The van der Waals surface area contributed by atoms with E-state index in [1.807, 2.05) is 0 Å². The molecule has 1 aromatic carbocycles. The molecule has 0 aliphatic heterocycles. The molecule has 2 rings (SSSR count). The Kier molecular flexibility index (Phi) is 3.45. The Morgan fingerprint density at radius 3 is 2.00 bits per heavy atom. The summed E-state index contributed by atoms with van der Waals surface area (Å²) in [5.41, 5.74) is -1.39. The lowest BCUT2D eigenvalue weighted by molar-refractivity contribution is 0.0681. The van der Waals surface area contributed by atoms with Crippen molar-refractivity contribution >= 4 is 11.9 Å². The van der Waals surface area contributed by atoms with Gasteiger partial charge in [-0.2, -0.15) is 0 Å². The van der Waals surface area contributed by atoms with Crippen LogP contribution in [-0.2, 0) is 0 Å². The van der Waals surface area contributed by atoms with Gasteiger partial charge in [0.05, 0.1) is 12.8 Å². The van der Waals surface area contributed by atoms with Gasteiger partial charge in [0.15, 0.2) is 22.9 Å². The first-order valence-corrected chi connectivity index (χ1v) is 5.66. The van der Waals surface area contributed by atoms with Crippen LogP contribution in [0.5, 0.6) is 17.2 Å². The van der Waals surface area contributed by atoms with Gasteiger partial charge in [-0.3, -0.25) is 4.57 Å². The molecule has 0 aliphatic carbocycles. The number of ether oxygens (including phenoxy) is 1. The molecular weight excluding hydrogens is 282 g/mol. The van der Waals surface area contributed by atoms with Crippen molar-refractivity contribution in [1.29, 1.82) is 0 Å². The maximum Gasteiger partial charge on any atom is 0.356 e. The van der Waals surface area contributed by atoms with Crippen molar-refractivity contribution < 1.29 is 34.8 Å². The predicted molar refractivity (Wildman–Crippen MR) is 69.6 cm³/mol. The van der Waals surface area contributed by atoms with Crippen molar-refractivity contribution in [3.63, 3.8) is 0 Å². The number of methoxy groups -OCH3 is 1. The Labute approximate surface area is 118 Å². The molecule has 0 spiro atoms. The van der Waals surface area contributed by atoms with Crippen LogP contribution in [0.15, 0.2) is 24.3 Å². The zero-order chi connectivity index (χ0) is 15.7. The van der Waals surface area contributed by atoms with Crippen LogP contribution in [-0.4, -0.2) is 44.0 Å². The van der Waals surface area contributed by atoms with Crippen molar-refractivity contribution in [1.82, 2.24) is 4.57 Å². The monoisotopic (exact) mass is 293 g/mol. The van der Waals surface area contributed by atoms with Gasteiger partial charge >= 0.3 is 11.9 Å². The number of hydrogen-bond acceptors (Lipinski definition) is 5. The predicted octanol–water partition coefficient (Wildman–Crippen LogP) is 1.29. The van der Waals surface area contributed by atoms with Crippen LogP contribution in [0, 0.1) is 0 Å². The first-order chi connectivity index (χ1) is 9.88. The molecule has 0 fully saturated rings. The number of rotatable bonds is 4. The maximum atomic E-state index is 11.2. The van der Waals surface area contributed by atoms with Crippen molar-refractivity contribution in [3.8, 4) is 22.9 Å². The SMILES string of the molecule is COc1cccc(-n2c(C(=O)O)c(O)c(O)c2C(=O)O)c1. The van der Waals surface area contributed by atoms with E-state index in [1.54, 1.807) is 6.07 Å². The van der Waals surface area contributed by atoms with E-state index in [0.717, 1.165) is 4.57 Å². The van der Waals surface area contributed by atoms with Gasteiger partial charge in [-0.1, -0.05) is 6.07 Å². The fourth-order valence-electron chi connectivity index (χ4n) is 1.95. The second-order valence-electron chi connectivity index (χ2n) is 4.04. The number of aromatic carboxylic acids is 2. The molecule has 0 atom stereocenters. The largest absolute Gasteiger partial charge is 0.503 e. The van der Waals surface area contributed by atoms with Gasteiger partial charge in [-0.15, -0.1) is 0 Å². The first kappa shape index (κ1) is 14.3. The molecule has 2 aromatic rings. The molecule has 8 heteroatoms. The average Bonchev–Trinajstić information content (AvgIpc) is 2.71. The molecule has 8 nitrogen and oxygen atoms in total. The smallest absolute Gasteiger partial charge is 0.356 e. The van der Waals surface area contributed by atoms with E-state index in [2.05, 4.69) is 0 Å². The van der Waals surface area contributed by atoms with Crippen LogP contribution >= 0.6 is 0 Å². The Morgan fingerprint density at radius 1 is 1.05 bits per heavy atom. The van der Waals surface area contributed by atoms with Crippen LogP contribution in [0.4, 0.5) is 0 Å². The number of benzene rings is 1. The van der Waals surface area contributed by atoms with E-state index in [4.69, 9.17) is 14.9 Å². The normalized spacial score (nSPS) is 10.3. The third-order valence-electron chi connectivity index (χ3n) is 2.84. The molecule has 0 radical (unpaired) electrons. The van der Waals surface area contributed by atoms with Gasteiger partial charge in [0.1, 0.15) is 5.75 Å². The highest BCUT2D eigenvalue weighted by atomic mass is 16.5. The molecule has 0 unspecified atom stereocenters. The Bertz CT molecular complexity index is 695. The second kappa shape index (κ2) is 5.08. The van der Waals surface area contributed by atoms with E-state index in [1.165, 1.54) is 25.3 Å². The van der Waals surface area contributed by atoms with Gasteiger partial charge in [-0.05, 0) is 12.1 Å². The maximum absolute atomic E-state index is 11.2. The lowest BCUT2D eigenvalue weighted by Gasteiger charge is -2.10. The number of aromatic nitrogens is 1. The summed E-state index contributed by atoms with van der Waals surface area (Å²) in [6, 6.07) is 5.88. The van der Waals surface area contributed by atoms with Gasteiger partial charge < -0.3 is 25.2 Å². The van der Waals surface area contributed by atoms with Gasteiger partial charge in [0.25, 0.3) is 0 Å². The summed E-state index contributed by atoms with van der Waals surface area (Å²) in [5, 5.41) is 37.6. The minimum atomic E-state index is -1.59. The van der Waals surface area contributed by atoms with Gasteiger partial charge in [-0.25, -0.2) is 9.59 Å². The van der Waals surface area contributed by atoms with E-state index in [9.17, 15) is 19.8 Å². The molecule has 1 heterocycles. The quantitative estimate of drug-likeness (QED) is 0.668. The molecule has 0 saturated carbocycles. The molecule has 0 amide bonds. The average molecular weight is 293 g/mol. The van der Waals surface area contributed by atoms with Crippen LogP contribution in [0.1, 0.15) is 21.0 Å². The minimum Gasteiger partial charge on any atom is -0.503 e. The van der Waals surface area contributed by atoms with Gasteiger partial charge in [0.2, 0.25) is 0 Å². The van der Waals surface area contributed by atoms with Crippen molar-refractivity contribution in [2.45, 2.75) is 0 Å². The van der Waals surface area contributed by atoms with Gasteiger partial charge in [0, 0.05) is 6.07 Å². The summed E-state index contributed by atoms with van der Waals surface area (Å²) in [5.74, 6) is -4.84. The van der Waals surface area contributed by atoms with E-state index < -0.39 is 34.8 Å². The second-order valence-corrected chi connectivity index (χ2v) is 4.04. The van der Waals surface area contributed by atoms with Crippen molar-refractivity contribution in [2.24, 2.45) is 0 Å².